The number of carboxylic acids is 1. The second-order valence-electron chi connectivity index (χ2n) is 2.87. The Labute approximate surface area is 84.6 Å². The zero-order valence-corrected chi connectivity index (χ0v) is 7.51. The number of aromatic carboxylic acids is 1. The third kappa shape index (κ3) is 1.85. The molecule has 0 atom stereocenters. The number of carboxylic acid groups (broad SMARTS) is 1. The van der Waals surface area contributed by atoms with Gasteiger partial charge in [0, 0.05) is 18.3 Å². The van der Waals surface area contributed by atoms with Crippen LogP contribution in [0.15, 0.2) is 30.6 Å². The van der Waals surface area contributed by atoms with Crippen molar-refractivity contribution in [3.8, 4) is 5.69 Å². The molecule has 1 N–H and O–H groups in total. The van der Waals surface area contributed by atoms with Crippen LogP contribution in [0.25, 0.3) is 5.69 Å². The largest absolute Gasteiger partial charge is 0.478 e. The van der Waals surface area contributed by atoms with Crippen molar-refractivity contribution < 1.29 is 14.3 Å². The van der Waals surface area contributed by atoms with Gasteiger partial charge in [0.25, 0.3) is 0 Å². The molecule has 0 aliphatic heterocycles. The van der Waals surface area contributed by atoms with Gasteiger partial charge in [-0.2, -0.15) is 5.10 Å². The topological polar surface area (TPSA) is 55.1 Å². The monoisotopic (exact) mass is 205 g/mol. The lowest BCUT2D eigenvalue weighted by molar-refractivity contribution is 0.0697. The third-order valence-corrected chi connectivity index (χ3v) is 1.84. The molecule has 15 heavy (non-hydrogen) atoms. The zero-order chi connectivity index (χ0) is 10.8. The summed E-state index contributed by atoms with van der Waals surface area (Å²) in [5.41, 5.74) is 0.516. The Morgan fingerprint density at radius 3 is 3.00 bits per heavy atom. The van der Waals surface area contributed by atoms with Crippen molar-refractivity contribution in [2.75, 3.05) is 0 Å². The van der Waals surface area contributed by atoms with E-state index in [1.54, 1.807) is 6.07 Å². The number of halogens is 1. The van der Waals surface area contributed by atoms with E-state index in [2.05, 4.69) is 11.2 Å². The first-order valence-corrected chi connectivity index (χ1v) is 4.12. The standard InChI is InChI=1S/C10H6FN2O2/c11-8-2-1-3-9(4-8)13-6-7(5-12-13)10(14)15/h1,3-6H,(H,14,15). The van der Waals surface area contributed by atoms with E-state index in [4.69, 9.17) is 5.11 Å². The Balaban J connectivity index is 2.41. The number of nitrogens with zero attached hydrogens (tertiary/aromatic N) is 2. The fraction of sp³-hybridized carbons (Fsp3) is 0. The highest BCUT2D eigenvalue weighted by molar-refractivity contribution is 5.86. The second-order valence-corrected chi connectivity index (χ2v) is 2.87. The Hall–Kier alpha value is -2.17. The van der Waals surface area contributed by atoms with Crippen LogP contribution in [-0.2, 0) is 0 Å². The Morgan fingerprint density at radius 1 is 1.60 bits per heavy atom. The molecule has 0 fully saturated rings. The summed E-state index contributed by atoms with van der Waals surface area (Å²) in [6.07, 6.45) is 2.52. The van der Waals surface area contributed by atoms with Gasteiger partial charge in [0.15, 0.2) is 0 Å². The van der Waals surface area contributed by atoms with Crippen LogP contribution >= 0.6 is 0 Å². The Kier molecular flexibility index (Phi) is 2.21. The molecule has 2 rings (SSSR count). The summed E-state index contributed by atoms with van der Waals surface area (Å²) < 4.78 is 14.1. The maximum absolute atomic E-state index is 12.8. The van der Waals surface area contributed by atoms with Crippen molar-refractivity contribution in [1.82, 2.24) is 9.78 Å². The lowest BCUT2D eigenvalue weighted by atomic mass is 10.3. The minimum absolute atomic E-state index is 0.0586. The molecule has 75 valence electrons. The first-order chi connectivity index (χ1) is 7.16. The fourth-order valence-electron chi connectivity index (χ4n) is 1.14. The predicted molar refractivity (Wildman–Crippen MR) is 49.3 cm³/mol. The van der Waals surface area contributed by atoms with E-state index >= 15 is 0 Å². The summed E-state index contributed by atoms with van der Waals surface area (Å²) in [4.78, 5) is 10.6. The van der Waals surface area contributed by atoms with E-state index in [-0.39, 0.29) is 5.56 Å². The summed E-state index contributed by atoms with van der Waals surface area (Å²) in [5, 5.41) is 12.5. The summed E-state index contributed by atoms with van der Waals surface area (Å²) in [6.45, 7) is 0. The molecular weight excluding hydrogens is 199 g/mol. The molecule has 0 bridgehead atoms. The van der Waals surface area contributed by atoms with E-state index in [0.29, 0.717) is 5.69 Å². The molecular formula is C10H6FN2O2. The maximum atomic E-state index is 12.8. The van der Waals surface area contributed by atoms with Crippen molar-refractivity contribution in [2.24, 2.45) is 0 Å². The molecule has 1 heterocycles. The summed E-state index contributed by atoms with van der Waals surface area (Å²) in [7, 11) is 0. The van der Waals surface area contributed by atoms with Gasteiger partial charge in [-0.05, 0) is 12.1 Å². The van der Waals surface area contributed by atoms with Crippen molar-refractivity contribution in [1.29, 1.82) is 0 Å². The van der Waals surface area contributed by atoms with Crippen molar-refractivity contribution in [2.45, 2.75) is 0 Å². The van der Waals surface area contributed by atoms with Crippen LogP contribution in [0.2, 0.25) is 0 Å². The smallest absolute Gasteiger partial charge is 0.338 e. The van der Waals surface area contributed by atoms with Gasteiger partial charge in [0.05, 0.1) is 17.4 Å². The Bertz CT molecular complexity index is 508. The van der Waals surface area contributed by atoms with Crippen LogP contribution in [0, 0.1) is 11.9 Å². The molecule has 0 amide bonds. The first-order valence-electron chi connectivity index (χ1n) is 4.12. The van der Waals surface area contributed by atoms with Gasteiger partial charge in [-0.15, -0.1) is 0 Å². The number of benzene rings is 1. The molecule has 2 aromatic rings. The molecule has 0 aliphatic carbocycles. The van der Waals surface area contributed by atoms with Gasteiger partial charge >= 0.3 is 5.97 Å². The van der Waals surface area contributed by atoms with Gasteiger partial charge in [-0.3, -0.25) is 0 Å². The lowest BCUT2D eigenvalue weighted by Gasteiger charge is -1.99. The van der Waals surface area contributed by atoms with Crippen LogP contribution < -0.4 is 0 Å². The quantitative estimate of drug-likeness (QED) is 0.808. The fourth-order valence-corrected chi connectivity index (χ4v) is 1.14. The van der Waals surface area contributed by atoms with Crippen molar-refractivity contribution >= 4 is 5.97 Å². The normalized spacial score (nSPS) is 10.2. The third-order valence-electron chi connectivity index (χ3n) is 1.84. The number of hydrogen-bond donors (Lipinski definition) is 1. The highest BCUT2D eigenvalue weighted by atomic mass is 19.1. The van der Waals surface area contributed by atoms with E-state index in [1.807, 2.05) is 0 Å². The van der Waals surface area contributed by atoms with Crippen LogP contribution in [0.3, 0.4) is 0 Å². The maximum Gasteiger partial charge on any atom is 0.338 e. The molecule has 0 aliphatic rings. The number of carbonyl (C=O) groups is 1. The number of rotatable bonds is 2. The summed E-state index contributed by atoms with van der Waals surface area (Å²) in [5.74, 6) is -1.58. The van der Waals surface area contributed by atoms with Gasteiger partial charge in [0.2, 0.25) is 0 Å². The second kappa shape index (κ2) is 3.53. The van der Waals surface area contributed by atoms with Crippen molar-refractivity contribution in [3.05, 3.63) is 48.0 Å². The number of hydrogen-bond acceptors (Lipinski definition) is 2. The average Bonchev–Trinajstić information content (AvgIpc) is 2.66. The van der Waals surface area contributed by atoms with Crippen LogP contribution in [0.4, 0.5) is 4.39 Å². The minimum atomic E-state index is -1.07. The molecule has 1 radical (unpaired) electrons. The molecule has 0 spiro atoms. The minimum Gasteiger partial charge on any atom is -0.478 e. The van der Waals surface area contributed by atoms with Gasteiger partial charge in [-0.1, -0.05) is 0 Å². The highest BCUT2D eigenvalue weighted by Crippen LogP contribution is 2.09. The zero-order valence-electron chi connectivity index (χ0n) is 7.51. The molecule has 1 aromatic heterocycles. The van der Waals surface area contributed by atoms with Crippen LogP contribution in [0.5, 0.6) is 0 Å². The molecule has 4 nitrogen and oxygen atoms in total. The van der Waals surface area contributed by atoms with Gasteiger partial charge < -0.3 is 5.11 Å². The number of aromatic nitrogens is 2. The van der Waals surface area contributed by atoms with Gasteiger partial charge in [0.1, 0.15) is 5.82 Å². The highest BCUT2D eigenvalue weighted by Gasteiger charge is 2.07. The van der Waals surface area contributed by atoms with Crippen LogP contribution in [-0.4, -0.2) is 20.9 Å². The molecule has 5 heteroatoms. The van der Waals surface area contributed by atoms with E-state index in [1.165, 1.54) is 29.2 Å². The summed E-state index contributed by atoms with van der Waals surface area (Å²) >= 11 is 0. The SMILES string of the molecule is O=C(O)c1cnn(-c2cc[c]c(F)c2)c1. The molecule has 0 unspecified atom stereocenters. The van der Waals surface area contributed by atoms with E-state index in [0.717, 1.165) is 0 Å². The van der Waals surface area contributed by atoms with E-state index in [9.17, 15) is 9.18 Å². The Morgan fingerprint density at radius 2 is 2.40 bits per heavy atom. The predicted octanol–water partition coefficient (Wildman–Crippen LogP) is 1.51. The lowest BCUT2D eigenvalue weighted by Crippen LogP contribution is -1.96. The van der Waals surface area contributed by atoms with E-state index < -0.39 is 11.8 Å². The first kappa shape index (κ1) is 9.39. The molecule has 0 saturated heterocycles. The molecule has 0 saturated carbocycles. The summed E-state index contributed by atoms with van der Waals surface area (Å²) in [6, 6.07) is 6.56. The van der Waals surface area contributed by atoms with Gasteiger partial charge in [-0.25, -0.2) is 13.9 Å². The van der Waals surface area contributed by atoms with Crippen LogP contribution in [0.1, 0.15) is 10.4 Å². The molecule has 1 aromatic carbocycles. The van der Waals surface area contributed by atoms with Crippen molar-refractivity contribution in [3.63, 3.8) is 0 Å². The average molecular weight is 205 g/mol.